The van der Waals surface area contributed by atoms with Gasteiger partial charge in [-0.05, 0) is 24.5 Å². The smallest absolute Gasteiger partial charge is 0.255 e. The Bertz CT molecular complexity index is 755. The molecule has 1 aliphatic rings. The molecule has 1 N–H and O–H groups in total. The van der Waals surface area contributed by atoms with E-state index in [2.05, 4.69) is 24.3 Å². The molecular weight excluding hydrogens is 309 g/mol. The number of carbonyl (C=O) groups excluding carboxylic acids is 1. The third kappa shape index (κ3) is 3.00. The molecule has 1 aromatic heterocycles. The van der Waals surface area contributed by atoms with Crippen molar-refractivity contribution in [2.75, 3.05) is 6.61 Å². The average molecular weight is 331 g/mol. The second kappa shape index (κ2) is 6.63. The highest BCUT2D eigenvalue weighted by molar-refractivity contribution is 5.95. The summed E-state index contributed by atoms with van der Waals surface area (Å²) in [5.41, 5.74) is 1.86. The fourth-order valence-electron chi connectivity index (χ4n) is 3.06. The van der Waals surface area contributed by atoms with Crippen LogP contribution in [-0.4, -0.2) is 22.3 Å². The SMILES string of the molecule is CCc1c(C(=O)N[C@@H]2COc3cccc(F)c32)cnn1CC(C)C. The maximum Gasteiger partial charge on any atom is 0.255 e. The van der Waals surface area contributed by atoms with E-state index in [4.69, 9.17) is 4.74 Å². The number of fused-ring (bicyclic) bond motifs is 1. The molecule has 0 radical (unpaired) electrons. The number of benzene rings is 1. The van der Waals surface area contributed by atoms with Crippen molar-refractivity contribution in [3.63, 3.8) is 0 Å². The first-order valence-electron chi connectivity index (χ1n) is 8.28. The molecule has 0 unspecified atom stereocenters. The molecule has 24 heavy (non-hydrogen) atoms. The average Bonchev–Trinajstić information content (AvgIpc) is 3.11. The minimum absolute atomic E-state index is 0.240. The van der Waals surface area contributed by atoms with Gasteiger partial charge in [0, 0.05) is 6.54 Å². The van der Waals surface area contributed by atoms with Crippen LogP contribution in [0.5, 0.6) is 5.75 Å². The van der Waals surface area contributed by atoms with Crippen molar-refractivity contribution in [3.8, 4) is 5.75 Å². The Morgan fingerprint density at radius 3 is 3.00 bits per heavy atom. The number of halogens is 1. The van der Waals surface area contributed by atoms with E-state index in [0.717, 1.165) is 12.2 Å². The molecular formula is C18H22FN3O2. The van der Waals surface area contributed by atoms with Crippen molar-refractivity contribution in [1.82, 2.24) is 15.1 Å². The van der Waals surface area contributed by atoms with E-state index in [1.54, 1.807) is 18.3 Å². The maximum atomic E-state index is 14.0. The molecule has 1 amide bonds. The quantitative estimate of drug-likeness (QED) is 0.916. The van der Waals surface area contributed by atoms with Crippen molar-refractivity contribution in [3.05, 3.63) is 47.0 Å². The number of carbonyl (C=O) groups is 1. The first-order valence-corrected chi connectivity index (χ1v) is 8.28. The van der Waals surface area contributed by atoms with Gasteiger partial charge in [0.05, 0.1) is 29.1 Å². The van der Waals surface area contributed by atoms with Gasteiger partial charge in [0.25, 0.3) is 5.91 Å². The topological polar surface area (TPSA) is 56.1 Å². The summed E-state index contributed by atoms with van der Waals surface area (Å²) in [6, 6.07) is 4.21. The maximum absolute atomic E-state index is 14.0. The largest absolute Gasteiger partial charge is 0.491 e. The van der Waals surface area contributed by atoms with Crippen molar-refractivity contribution in [2.24, 2.45) is 5.92 Å². The lowest BCUT2D eigenvalue weighted by Gasteiger charge is -2.13. The molecule has 0 spiro atoms. The number of nitrogens with one attached hydrogen (secondary N) is 1. The Morgan fingerprint density at radius 1 is 1.50 bits per heavy atom. The molecule has 1 aliphatic heterocycles. The van der Waals surface area contributed by atoms with E-state index < -0.39 is 6.04 Å². The number of hydrogen-bond donors (Lipinski definition) is 1. The van der Waals surface area contributed by atoms with Gasteiger partial charge in [-0.3, -0.25) is 9.48 Å². The lowest BCUT2D eigenvalue weighted by atomic mass is 10.1. The van der Waals surface area contributed by atoms with E-state index in [0.29, 0.717) is 29.2 Å². The van der Waals surface area contributed by atoms with Crippen LogP contribution >= 0.6 is 0 Å². The second-order valence-corrected chi connectivity index (χ2v) is 6.42. The van der Waals surface area contributed by atoms with Crippen LogP contribution in [0.2, 0.25) is 0 Å². The van der Waals surface area contributed by atoms with Crippen molar-refractivity contribution in [2.45, 2.75) is 39.8 Å². The van der Waals surface area contributed by atoms with Gasteiger partial charge < -0.3 is 10.1 Å². The minimum atomic E-state index is -0.480. The van der Waals surface area contributed by atoms with Gasteiger partial charge in [-0.15, -0.1) is 0 Å². The van der Waals surface area contributed by atoms with E-state index in [1.807, 2.05) is 11.6 Å². The number of hydrogen-bond acceptors (Lipinski definition) is 3. The predicted molar refractivity (Wildman–Crippen MR) is 88.5 cm³/mol. The molecule has 5 nitrogen and oxygen atoms in total. The van der Waals surface area contributed by atoms with E-state index in [-0.39, 0.29) is 18.3 Å². The highest BCUT2D eigenvalue weighted by Crippen LogP contribution is 2.34. The second-order valence-electron chi connectivity index (χ2n) is 6.42. The number of aromatic nitrogens is 2. The summed E-state index contributed by atoms with van der Waals surface area (Å²) in [5.74, 6) is 0.329. The molecule has 128 valence electrons. The van der Waals surface area contributed by atoms with Gasteiger partial charge in [0.2, 0.25) is 0 Å². The third-order valence-corrected chi connectivity index (χ3v) is 4.14. The number of ether oxygens (including phenoxy) is 1. The van der Waals surface area contributed by atoms with Crippen LogP contribution in [0.25, 0.3) is 0 Å². The molecule has 0 aliphatic carbocycles. The summed E-state index contributed by atoms with van der Waals surface area (Å²) < 4.78 is 21.4. The molecule has 0 saturated carbocycles. The van der Waals surface area contributed by atoms with Gasteiger partial charge >= 0.3 is 0 Å². The van der Waals surface area contributed by atoms with Crippen molar-refractivity contribution >= 4 is 5.91 Å². The van der Waals surface area contributed by atoms with Crippen molar-refractivity contribution in [1.29, 1.82) is 0 Å². The first kappa shape index (κ1) is 16.5. The van der Waals surface area contributed by atoms with Gasteiger partial charge in [-0.25, -0.2) is 4.39 Å². The van der Waals surface area contributed by atoms with Crippen molar-refractivity contribution < 1.29 is 13.9 Å². The number of nitrogens with zero attached hydrogens (tertiary/aromatic N) is 2. The monoisotopic (exact) mass is 331 g/mol. The zero-order valence-electron chi connectivity index (χ0n) is 14.2. The van der Waals surface area contributed by atoms with Crippen LogP contribution in [-0.2, 0) is 13.0 Å². The normalized spacial score (nSPS) is 16.1. The molecule has 1 aromatic carbocycles. The Balaban J connectivity index is 1.81. The van der Waals surface area contributed by atoms with E-state index >= 15 is 0 Å². The van der Waals surface area contributed by atoms with Crippen LogP contribution in [0.4, 0.5) is 4.39 Å². The van der Waals surface area contributed by atoms with Crippen LogP contribution in [0.1, 0.15) is 48.4 Å². The third-order valence-electron chi connectivity index (χ3n) is 4.14. The number of rotatable bonds is 5. The van der Waals surface area contributed by atoms with Gasteiger partial charge in [0.1, 0.15) is 18.2 Å². The molecule has 0 fully saturated rings. The molecule has 2 heterocycles. The zero-order chi connectivity index (χ0) is 17.3. The zero-order valence-corrected chi connectivity index (χ0v) is 14.2. The summed E-state index contributed by atoms with van der Waals surface area (Å²) in [7, 11) is 0. The van der Waals surface area contributed by atoms with E-state index in [1.165, 1.54) is 6.07 Å². The summed E-state index contributed by atoms with van der Waals surface area (Å²) in [6.45, 7) is 7.22. The van der Waals surface area contributed by atoms with Gasteiger partial charge in [-0.1, -0.05) is 26.8 Å². The fraction of sp³-hybridized carbons (Fsp3) is 0.444. The van der Waals surface area contributed by atoms with Crippen LogP contribution in [0.15, 0.2) is 24.4 Å². The minimum Gasteiger partial charge on any atom is -0.491 e. The summed E-state index contributed by atoms with van der Waals surface area (Å²) in [4.78, 5) is 12.7. The summed E-state index contributed by atoms with van der Waals surface area (Å²) >= 11 is 0. The lowest BCUT2D eigenvalue weighted by molar-refractivity contribution is 0.0928. The highest BCUT2D eigenvalue weighted by atomic mass is 19.1. The van der Waals surface area contributed by atoms with Crippen LogP contribution in [0, 0.1) is 11.7 Å². The van der Waals surface area contributed by atoms with Gasteiger partial charge in [-0.2, -0.15) is 5.10 Å². The Hall–Kier alpha value is -2.37. The Morgan fingerprint density at radius 2 is 2.29 bits per heavy atom. The Kier molecular flexibility index (Phi) is 4.55. The predicted octanol–water partition coefficient (Wildman–Crippen LogP) is 3.10. The van der Waals surface area contributed by atoms with Crippen LogP contribution < -0.4 is 10.1 Å². The number of amides is 1. The highest BCUT2D eigenvalue weighted by Gasteiger charge is 2.30. The summed E-state index contributed by atoms with van der Waals surface area (Å²) in [5, 5.41) is 7.21. The molecule has 0 saturated heterocycles. The molecule has 0 bridgehead atoms. The summed E-state index contributed by atoms with van der Waals surface area (Å²) in [6.07, 6.45) is 2.30. The standard InChI is InChI=1S/C18H22FN3O2/c1-4-15-12(8-20-22(15)9-11(2)3)18(23)21-14-10-24-16-7-5-6-13(19)17(14)16/h5-8,11,14H,4,9-10H2,1-3H3,(H,21,23)/t14-/m1/s1. The van der Waals surface area contributed by atoms with Gasteiger partial charge in [0.15, 0.2) is 0 Å². The van der Waals surface area contributed by atoms with Crippen LogP contribution in [0.3, 0.4) is 0 Å². The lowest BCUT2D eigenvalue weighted by Crippen LogP contribution is -2.30. The molecule has 3 rings (SSSR count). The molecule has 1 atom stereocenters. The fourth-order valence-corrected chi connectivity index (χ4v) is 3.06. The Labute approximate surface area is 140 Å². The molecule has 6 heteroatoms. The molecule has 2 aromatic rings. The van der Waals surface area contributed by atoms with E-state index in [9.17, 15) is 9.18 Å². The first-order chi connectivity index (χ1) is 11.5.